The second-order valence-electron chi connectivity index (χ2n) is 6.30. The largest absolute Gasteiger partial charge is 0.444 e. The van der Waals surface area contributed by atoms with Gasteiger partial charge in [0.25, 0.3) is 0 Å². The normalized spacial score (nSPS) is 11.0. The maximum atomic E-state index is 13.6. The second-order valence-corrected chi connectivity index (χ2v) is 6.30. The van der Waals surface area contributed by atoms with Gasteiger partial charge in [0.2, 0.25) is 0 Å². The third kappa shape index (κ3) is 5.53. The number of hydrogen-bond acceptors (Lipinski definition) is 3. The highest BCUT2D eigenvalue weighted by atomic mass is 19.1. The summed E-state index contributed by atoms with van der Waals surface area (Å²) in [6.45, 7) is 5.70. The zero-order chi connectivity index (χ0) is 17.7. The van der Waals surface area contributed by atoms with E-state index in [1.807, 2.05) is 0 Å². The minimum absolute atomic E-state index is 0.191. The first-order valence-corrected chi connectivity index (χ1v) is 7.51. The van der Waals surface area contributed by atoms with E-state index < -0.39 is 23.3 Å². The van der Waals surface area contributed by atoms with Gasteiger partial charge in [-0.1, -0.05) is 12.1 Å². The molecular formula is C18H20F2N2O2. The van der Waals surface area contributed by atoms with E-state index in [0.29, 0.717) is 12.2 Å². The van der Waals surface area contributed by atoms with Crippen molar-refractivity contribution in [3.8, 4) is 0 Å². The van der Waals surface area contributed by atoms with E-state index in [0.717, 1.165) is 11.6 Å². The third-order valence-electron chi connectivity index (χ3n) is 3.00. The third-order valence-corrected chi connectivity index (χ3v) is 3.00. The van der Waals surface area contributed by atoms with E-state index in [2.05, 4.69) is 10.6 Å². The fraction of sp³-hybridized carbons (Fsp3) is 0.278. The molecule has 0 bridgehead atoms. The summed E-state index contributed by atoms with van der Waals surface area (Å²) in [7, 11) is 0. The Balaban J connectivity index is 1.92. The van der Waals surface area contributed by atoms with Gasteiger partial charge in [0.15, 0.2) is 0 Å². The predicted molar refractivity (Wildman–Crippen MR) is 89.2 cm³/mol. The van der Waals surface area contributed by atoms with Crippen molar-refractivity contribution < 1.29 is 18.3 Å². The van der Waals surface area contributed by atoms with Crippen molar-refractivity contribution in [3.63, 3.8) is 0 Å². The number of ether oxygens (including phenoxy) is 1. The SMILES string of the molecule is CC(C)(C)OC(=O)NCc1ccc(Nc2ccc(F)cc2F)cc1. The van der Waals surface area contributed by atoms with Crippen molar-refractivity contribution in [2.45, 2.75) is 32.9 Å². The van der Waals surface area contributed by atoms with Gasteiger partial charge in [0.1, 0.15) is 17.2 Å². The molecule has 0 aliphatic carbocycles. The van der Waals surface area contributed by atoms with Crippen LogP contribution in [0.1, 0.15) is 26.3 Å². The number of benzene rings is 2. The predicted octanol–water partition coefficient (Wildman–Crippen LogP) is 4.73. The number of nitrogens with one attached hydrogen (secondary N) is 2. The van der Waals surface area contributed by atoms with Gasteiger partial charge in [0, 0.05) is 18.3 Å². The van der Waals surface area contributed by atoms with Gasteiger partial charge in [-0.15, -0.1) is 0 Å². The summed E-state index contributed by atoms with van der Waals surface area (Å²) in [6.07, 6.45) is -0.488. The Bertz CT molecular complexity index is 710. The van der Waals surface area contributed by atoms with Crippen molar-refractivity contribution in [1.82, 2.24) is 5.32 Å². The monoisotopic (exact) mass is 334 g/mol. The molecule has 0 heterocycles. The van der Waals surface area contributed by atoms with Crippen LogP contribution in [0.4, 0.5) is 25.0 Å². The summed E-state index contributed by atoms with van der Waals surface area (Å²) in [4.78, 5) is 11.6. The molecule has 0 saturated heterocycles. The van der Waals surface area contributed by atoms with Crippen molar-refractivity contribution in [3.05, 3.63) is 59.7 Å². The summed E-state index contributed by atoms with van der Waals surface area (Å²) >= 11 is 0. The number of carbonyl (C=O) groups excluding carboxylic acids is 1. The lowest BCUT2D eigenvalue weighted by Crippen LogP contribution is -2.32. The minimum Gasteiger partial charge on any atom is -0.444 e. The summed E-state index contributed by atoms with van der Waals surface area (Å²) < 4.78 is 31.6. The van der Waals surface area contributed by atoms with Crippen molar-refractivity contribution in [1.29, 1.82) is 0 Å². The van der Waals surface area contributed by atoms with E-state index in [1.165, 1.54) is 12.1 Å². The molecule has 0 aliphatic heterocycles. The molecule has 0 unspecified atom stereocenters. The molecule has 0 fully saturated rings. The van der Waals surface area contributed by atoms with Gasteiger partial charge < -0.3 is 15.4 Å². The molecule has 0 spiro atoms. The first-order chi connectivity index (χ1) is 11.2. The summed E-state index contributed by atoms with van der Waals surface area (Å²) in [6, 6.07) is 10.4. The van der Waals surface area contributed by atoms with Gasteiger partial charge in [-0.2, -0.15) is 0 Å². The Morgan fingerprint density at radius 3 is 2.33 bits per heavy atom. The Morgan fingerprint density at radius 1 is 1.08 bits per heavy atom. The van der Waals surface area contributed by atoms with Crippen molar-refractivity contribution in [2.24, 2.45) is 0 Å². The molecule has 24 heavy (non-hydrogen) atoms. The highest BCUT2D eigenvalue weighted by Gasteiger charge is 2.15. The number of hydrogen-bond donors (Lipinski definition) is 2. The van der Waals surface area contributed by atoms with Crippen LogP contribution in [0.5, 0.6) is 0 Å². The van der Waals surface area contributed by atoms with Crippen molar-refractivity contribution in [2.75, 3.05) is 5.32 Å². The molecule has 0 aromatic heterocycles. The second kappa shape index (κ2) is 7.29. The van der Waals surface area contributed by atoms with Crippen LogP contribution in [0.3, 0.4) is 0 Å². The number of anilines is 2. The van der Waals surface area contributed by atoms with E-state index in [9.17, 15) is 13.6 Å². The molecule has 6 heteroatoms. The van der Waals surface area contributed by atoms with E-state index in [4.69, 9.17) is 4.74 Å². The maximum Gasteiger partial charge on any atom is 0.407 e. The Kier molecular flexibility index (Phi) is 5.39. The fourth-order valence-electron chi connectivity index (χ4n) is 1.94. The van der Waals surface area contributed by atoms with Crippen molar-refractivity contribution >= 4 is 17.5 Å². The van der Waals surface area contributed by atoms with Gasteiger partial charge >= 0.3 is 6.09 Å². The topological polar surface area (TPSA) is 50.4 Å². The van der Waals surface area contributed by atoms with Gasteiger partial charge in [-0.25, -0.2) is 13.6 Å². The molecule has 2 aromatic rings. The highest BCUT2D eigenvalue weighted by molar-refractivity contribution is 5.67. The number of alkyl carbamates (subject to hydrolysis) is 1. The number of rotatable bonds is 4. The van der Waals surface area contributed by atoms with Gasteiger partial charge in [0.05, 0.1) is 5.69 Å². The molecule has 0 saturated carbocycles. The van der Waals surface area contributed by atoms with Crippen LogP contribution in [0.15, 0.2) is 42.5 Å². The molecule has 4 nitrogen and oxygen atoms in total. The van der Waals surface area contributed by atoms with Gasteiger partial charge in [-0.3, -0.25) is 0 Å². The fourth-order valence-corrected chi connectivity index (χ4v) is 1.94. The lowest BCUT2D eigenvalue weighted by atomic mass is 10.2. The first kappa shape index (κ1) is 17.7. The molecule has 0 aliphatic rings. The lowest BCUT2D eigenvalue weighted by molar-refractivity contribution is 0.0523. The highest BCUT2D eigenvalue weighted by Crippen LogP contribution is 2.21. The zero-order valence-corrected chi connectivity index (χ0v) is 13.8. The van der Waals surface area contributed by atoms with Crippen LogP contribution in [-0.4, -0.2) is 11.7 Å². The molecule has 2 rings (SSSR count). The number of carbonyl (C=O) groups is 1. The molecule has 0 radical (unpaired) electrons. The Labute approximate surface area is 139 Å². The van der Waals surface area contributed by atoms with Crippen LogP contribution in [0, 0.1) is 11.6 Å². The Morgan fingerprint density at radius 2 is 1.75 bits per heavy atom. The smallest absolute Gasteiger partial charge is 0.407 e. The van der Waals surface area contributed by atoms with Crippen LogP contribution >= 0.6 is 0 Å². The van der Waals surface area contributed by atoms with E-state index in [-0.39, 0.29) is 5.69 Å². The quantitative estimate of drug-likeness (QED) is 0.849. The summed E-state index contributed by atoms with van der Waals surface area (Å²) in [5, 5.41) is 5.53. The number of amides is 1. The minimum atomic E-state index is -0.661. The molecular weight excluding hydrogens is 314 g/mol. The van der Waals surface area contributed by atoms with Crippen LogP contribution < -0.4 is 10.6 Å². The zero-order valence-electron chi connectivity index (χ0n) is 13.8. The molecule has 0 atom stereocenters. The first-order valence-electron chi connectivity index (χ1n) is 7.51. The molecule has 128 valence electrons. The van der Waals surface area contributed by atoms with Crippen LogP contribution in [0.25, 0.3) is 0 Å². The molecule has 1 amide bonds. The lowest BCUT2D eigenvalue weighted by Gasteiger charge is -2.19. The molecule has 2 N–H and O–H groups in total. The van der Waals surface area contributed by atoms with E-state index >= 15 is 0 Å². The maximum absolute atomic E-state index is 13.6. The van der Waals surface area contributed by atoms with Crippen LogP contribution in [0.2, 0.25) is 0 Å². The average Bonchev–Trinajstić information content (AvgIpc) is 2.48. The Hall–Kier alpha value is -2.63. The van der Waals surface area contributed by atoms with Crippen LogP contribution in [-0.2, 0) is 11.3 Å². The summed E-state index contributed by atoms with van der Waals surface area (Å²) in [5.41, 5.74) is 1.17. The number of halogens is 2. The van der Waals surface area contributed by atoms with Gasteiger partial charge in [-0.05, 0) is 50.6 Å². The molecule has 2 aromatic carbocycles. The summed E-state index contributed by atoms with van der Waals surface area (Å²) in [5.74, 6) is -1.28. The van der Waals surface area contributed by atoms with E-state index in [1.54, 1.807) is 45.0 Å². The standard InChI is InChI=1S/C18H20F2N2O2/c1-18(2,3)24-17(23)21-11-12-4-7-14(8-5-12)22-16-9-6-13(19)10-15(16)20/h4-10,22H,11H2,1-3H3,(H,21,23). The average molecular weight is 334 g/mol.